The van der Waals surface area contributed by atoms with Gasteiger partial charge in [-0.25, -0.2) is 0 Å². The van der Waals surface area contributed by atoms with Gasteiger partial charge in [0.25, 0.3) is 0 Å². The van der Waals surface area contributed by atoms with Crippen LogP contribution < -0.4 is 11.5 Å². The highest BCUT2D eigenvalue weighted by Crippen LogP contribution is 2.47. The number of carbonyl (C=O) groups is 1. The third kappa shape index (κ3) is 3.25. The van der Waals surface area contributed by atoms with Crippen molar-refractivity contribution in [3.05, 3.63) is 21.3 Å². The van der Waals surface area contributed by atoms with Crippen LogP contribution in [-0.2, 0) is 4.79 Å². The van der Waals surface area contributed by atoms with Gasteiger partial charge in [0.1, 0.15) is 0 Å². The van der Waals surface area contributed by atoms with Gasteiger partial charge in [0, 0.05) is 17.3 Å². The van der Waals surface area contributed by atoms with Gasteiger partial charge in [-0.3, -0.25) is 4.79 Å². The highest BCUT2D eigenvalue weighted by molar-refractivity contribution is 7.16. The highest BCUT2D eigenvalue weighted by atomic mass is 35.5. The molecule has 100 valence electrons. The minimum Gasteiger partial charge on any atom is -0.370 e. The molecule has 1 saturated carbocycles. The molecule has 1 aliphatic rings. The summed E-state index contributed by atoms with van der Waals surface area (Å²) in [6.45, 7) is 0. The van der Waals surface area contributed by atoms with Gasteiger partial charge in [-0.05, 0) is 36.8 Å². The molecule has 4 N–H and O–H groups in total. The molecule has 0 spiro atoms. The van der Waals surface area contributed by atoms with Gasteiger partial charge >= 0.3 is 0 Å². The Labute approximate surface area is 116 Å². The fourth-order valence-corrected chi connectivity index (χ4v) is 4.10. The SMILES string of the molecule is NC(=O)CC1(CC(N)c2ccc(Cl)s2)CCCC1. The number of rotatable bonds is 5. The molecule has 1 heterocycles. The largest absolute Gasteiger partial charge is 0.370 e. The molecule has 1 atom stereocenters. The summed E-state index contributed by atoms with van der Waals surface area (Å²) in [5.41, 5.74) is 11.6. The molecule has 18 heavy (non-hydrogen) atoms. The molecule has 1 fully saturated rings. The Hall–Kier alpha value is -0.580. The molecule has 3 nitrogen and oxygen atoms in total. The summed E-state index contributed by atoms with van der Waals surface area (Å²) in [5.74, 6) is -0.215. The average molecular weight is 287 g/mol. The van der Waals surface area contributed by atoms with E-state index in [1.807, 2.05) is 12.1 Å². The molecule has 1 aromatic rings. The van der Waals surface area contributed by atoms with E-state index in [-0.39, 0.29) is 17.4 Å². The number of halogens is 1. The fourth-order valence-electron chi connectivity index (χ4n) is 3.04. The van der Waals surface area contributed by atoms with E-state index in [1.54, 1.807) is 0 Å². The Morgan fingerprint density at radius 3 is 2.61 bits per heavy atom. The van der Waals surface area contributed by atoms with Crippen LogP contribution in [0.5, 0.6) is 0 Å². The smallest absolute Gasteiger partial charge is 0.217 e. The monoisotopic (exact) mass is 286 g/mol. The van der Waals surface area contributed by atoms with Crippen molar-refractivity contribution in [3.63, 3.8) is 0 Å². The van der Waals surface area contributed by atoms with E-state index in [0.29, 0.717) is 6.42 Å². The van der Waals surface area contributed by atoms with Gasteiger partial charge in [0.15, 0.2) is 0 Å². The summed E-state index contributed by atoms with van der Waals surface area (Å²) in [7, 11) is 0. The molecule has 0 saturated heterocycles. The highest BCUT2D eigenvalue weighted by Gasteiger charge is 2.37. The molecule has 1 unspecified atom stereocenters. The molecular weight excluding hydrogens is 268 g/mol. The Morgan fingerprint density at radius 2 is 2.11 bits per heavy atom. The van der Waals surface area contributed by atoms with Crippen molar-refractivity contribution >= 4 is 28.8 Å². The van der Waals surface area contributed by atoms with Crippen LogP contribution in [-0.4, -0.2) is 5.91 Å². The van der Waals surface area contributed by atoms with Gasteiger partial charge < -0.3 is 11.5 Å². The maximum atomic E-state index is 11.2. The Bertz CT molecular complexity index is 426. The molecule has 0 bridgehead atoms. The molecular formula is C13H19ClN2OS. The lowest BCUT2D eigenvalue weighted by Gasteiger charge is -2.30. The molecule has 0 radical (unpaired) electrons. The van der Waals surface area contributed by atoms with Gasteiger partial charge in [-0.1, -0.05) is 24.4 Å². The van der Waals surface area contributed by atoms with Crippen LogP contribution in [0.2, 0.25) is 4.34 Å². The van der Waals surface area contributed by atoms with Gasteiger partial charge in [-0.15, -0.1) is 11.3 Å². The van der Waals surface area contributed by atoms with Crippen LogP contribution in [0, 0.1) is 5.41 Å². The summed E-state index contributed by atoms with van der Waals surface area (Å²) >= 11 is 7.45. The van der Waals surface area contributed by atoms with E-state index in [4.69, 9.17) is 23.1 Å². The fraction of sp³-hybridized carbons (Fsp3) is 0.615. The van der Waals surface area contributed by atoms with Crippen molar-refractivity contribution in [1.82, 2.24) is 0 Å². The Balaban J connectivity index is 2.07. The lowest BCUT2D eigenvalue weighted by molar-refractivity contribution is -0.120. The zero-order valence-corrected chi connectivity index (χ0v) is 11.9. The van der Waals surface area contributed by atoms with Crippen molar-refractivity contribution in [3.8, 4) is 0 Å². The van der Waals surface area contributed by atoms with E-state index < -0.39 is 0 Å². The third-order valence-electron chi connectivity index (χ3n) is 3.83. The van der Waals surface area contributed by atoms with E-state index in [9.17, 15) is 4.79 Å². The normalized spacial score (nSPS) is 19.9. The van der Waals surface area contributed by atoms with Crippen LogP contribution in [0.1, 0.15) is 49.4 Å². The predicted molar refractivity (Wildman–Crippen MR) is 75.6 cm³/mol. The molecule has 2 rings (SSSR count). The molecule has 1 aromatic heterocycles. The zero-order valence-electron chi connectivity index (χ0n) is 10.3. The maximum Gasteiger partial charge on any atom is 0.217 e. The zero-order chi connectivity index (χ0) is 13.2. The lowest BCUT2D eigenvalue weighted by atomic mass is 9.77. The van der Waals surface area contributed by atoms with Gasteiger partial charge in [0.05, 0.1) is 4.34 Å². The van der Waals surface area contributed by atoms with E-state index in [0.717, 1.165) is 28.5 Å². The second kappa shape index (κ2) is 5.59. The van der Waals surface area contributed by atoms with Crippen LogP contribution in [0.3, 0.4) is 0 Å². The minimum absolute atomic E-state index is 0.0156. The topological polar surface area (TPSA) is 69.1 Å². The quantitative estimate of drug-likeness (QED) is 0.872. The van der Waals surface area contributed by atoms with E-state index in [1.165, 1.54) is 24.2 Å². The second-order valence-corrected chi connectivity index (χ2v) is 7.05. The first-order chi connectivity index (χ1) is 8.51. The summed E-state index contributed by atoms with van der Waals surface area (Å²) in [4.78, 5) is 12.3. The summed E-state index contributed by atoms with van der Waals surface area (Å²) in [6, 6.07) is 3.81. The van der Waals surface area contributed by atoms with Gasteiger partial charge in [-0.2, -0.15) is 0 Å². The predicted octanol–water partition coefficient (Wildman–Crippen LogP) is 3.23. The Morgan fingerprint density at radius 1 is 1.44 bits per heavy atom. The molecule has 0 aliphatic heterocycles. The standard InChI is InChI=1S/C13H19ClN2OS/c14-11-4-3-10(18-11)9(15)7-13(8-12(16)17)5-1-2-6-13/h3-4,9H,1-2,5-8,15H2,(H2,16,17). The van der Waals surface area contributed by atoms with Crippen LogP contribution in [0.25, 0.3) is 0 Å². The molecule has 5 heteroatoms. The maximum absolute atomic E-state index is 11.2. The van der Waals surface area contributed by atoms with Crippen LogP contribution in [0.4, 0.5) is 0 Å². The molecule has 1 amide bonds. The summed E-state index contributed by atoms with van der Waals surface area (Å²) < 4.78 is 0.760. The van der Waals surface area contributed by atoms with E-state index in [2.05, 4.69) is 0 Å². The number of hydrogen-bond donors (Lipinski definition) is 2. The third-order valence-corrected chi connectivity index (χ3v) is 5.19. The van der Waals surface area contributed by atoms with Crippen LogP contribution >= 0.6 is 22.9 Å². The number of hydrogen-bond acceptors (Lipinski definition) is 3. The molecule has 1 aliphatic carbocycles. The van der Waals surface area contributed by atoms with Crippen molar-refractivity contribution < 1.29 is 4.79 Å². The van der Waals surface area contributed by atoms with E-state index >= 15 is 0 Å². The van der Waals surface area contributed by atoms with Crippen LogP contribution in [0.15, 0.2) is 12.1 Å². The van der Waals surface area contributed by atoms with Crippen molar-refractivity contribution in [2.45, 2.75) is 44.6 Å². The minimum atomic E-state index is -0.215. The number of primary amides is 1. The summed E-state index contributed by atoms with van der Waals surface area (Å²) in [5, 5.41) is 0. The number of nitrogens with two attached hydrogens (primary N) is 2. The number of carbonyl (C=O) groups excluding carboxylic acids is 1. The first kappa shape index (κ1) is 13.8. The lowest BCUT2D eigenvalue weighted by Crippen LogP contribution is -2.29. The van der Waals surface area contributed by atoms with Crippen molar-refractivity contribution in [2.75, 3.05) is 0 Å². The van der Waals surface area contributed by atoms with Gasteiger partial charge in [0.2, 0.25) is 5.91 Å². The number of thiophene rings is 1. The summed E-state index contributed by atoms with van der Waals surface area (Å²) in [6.07, 6.45) is 5.74. The molecule has 0 aromatic carbocycles. The first-order valence-corrected chi connectivity index (χ1v) is 7.49. The Kier molecular flexibility index (Phi) is 4.30. The van der Waals surface area contributed by atoms with Crippen molar-refractivity contribution in [1.29, 1.82) is 0 Å². The van der Waals surface area contributed by atoms with Crippen molar-refractivity contribution in [2.24, 2.45) is 16.9 Å². The first-order valence-electron chi connectivity index (χ1n) is 6.30. The second-order valence-electron chi connectivity index (χ2n) is 5.30. The number of amides is 1. The average Bonchev–Trinajstić information content (AvgIpc) is 2.87.